The number of hydrogen-bond acceptors (Lipinski definition) is 4. The Hall–Kier alpha value is -1.85. The summed E-state index contributed by atoms with van der Waals surface area (Å²) in [4.78, 5) is 0. The zero-order chi connectivity index (χ0) is 13.5. The van der Waals surface area contributed by atoms with Crippen LogP contribution < -0.4 is 11.1 Å². The van der Waals surface area contributed by atoms with Gasteiger partial charge in [-0.1, -0.05) is 29.4 Å². The molecule has 0 saturated heterocycles. The second kappa shape index (κ2) is 6.92. The molecule has 0 fully saturated rings. The van der Waals surface area contributed by atoms with Crippen molar-refractivity contribution in [3.8, 4) is 0 Å². The SMILES string of the molecule is NC(=NO)c1ccc(CNCCc2ccsc2)cc1. The Morgan fingerprint density at radius 2 is 2.00 bits per heavy atom. The van der Waals surface area contributed by atoms with Crippen molar-refractivity contribution in [2.75, 3.05) is 6.54 Å². The van der Waals surface area contributed by atoms with Gasteiger partial charge in [0.25, 0.3) is 0 Å². The minimum Gasteiger partial charge on any atom is -0.409 e. The maximum Gasteiger partial charge on any atom is 0.170 e. The Kier molecular flexibility index (Phi) is 4.94. The van der Waals surface area contributed by atoms with Crippen molar-refractivity contribution in [2.24, 2.45) is 10.9 Å². The van der Waals surface area contributed by atoms with Crippen molar-refractivity contribution in [1.29, 1.82) is 0 Å². The molecule has 0 aliphatic carbocycles. The zero-order valence-corrected chi connectivity index (χ0v) is 11.4. The van der Waals surface area contributed by atoms with Gasteiger partial charge in [-0.3, -0.25) is 0 Å². The number of nitrogens with one attached hydrogen (secondary N) is 1. The molecule has 0 unspecified atom stereocenters. The Morgan fingerprint density at radius 3 is 2.63 bits per heavy atom. The number of benzene rings is 1. The highest BCUT2D eigenvalue weighted by molar-refractivity contribution is 7.07. The van der Waals surface area contributed by atoms with Crippen molar-refractivity contribution in [1.82, 2.24) is 5.32 Å². The summed E-state index contributed by atoms with van der Waals surface area (Å²) in [5, 5.41) is 19.2. The van der Waals surface area contributed by atoms with Gasteiger partial charge >= 0.3 is 0 Å². The summed E-state index contributed by atoms with van der Waals surface area (Å²) >= 11 is 1.73. The molecular weight excluding hydrogens is 258 g/mol. The molecule has 0 saturated carbocycles. The molecule has 2 rings (SSSR count). The van der Waals surface area contributed by atoms with Crippen LogP contribution in [0.4, 0.5) is 0 Å². The molecule has 0 aliphatic rings. The van der Waals surface area contributed by atoms with Crippen LogP contribution in [0, 0.1) is 0 Å². The van der Waals surface area contributed by atoms with Gasteiger partial charge in [-0.05, 0) is 40.9 Å². The summed E-state index contributed by atoms with van der Waals surface area (Å²) < 4.78 is 0. The lowest BCUT2D eigenvalue weighted by atomic mass is 10.1. The second-order valence-corrected chi connectivity index (χ2v) is 5.02. The van der Waals surface area contributed by atoms with Crippen LogP contribution in [0.1, 0.15) is 16.7 Å². The highest BCUT2D eigenvalue weighted by atomic mass is 32.1. The van der Waals surface area contributed by atoms with Crippen molar-refractivity contribution in [3.05, 3.63) is 57.8 Å². The van der Waals surface area contributed by atoms with Gasteiger partial charge in [0, 0.05) is 12.1 Å². The van der Waals surface area contributed by atoms with Crippen LogP contribution in [0.5, 0.6) is 0 Å². The quantitative estimate of drug-likeness (QED) is 0.249. The molecule has 0 radical (unpaired) electrons. The van der Waals surface area contributed by atoms with Crippen molar-refractivity contribution < 1.29 is 5.21 Å². The van der Waals surface area contributed by atoms with Crippen LogP contribution >= 0.6 is 11.3 Å². The van der Waals surface area contributed by atoms with Crippen molar-refractivity contribution in [3.63, 3.8) is 0 Å². The molecule has 1 aromatic heterocycles. The Bertz CT molecular complexity index is 520. The largest absolute Gasteiger partial charge is 0.409 e. The number of hydrogen-bond donors (Lipinski definition) is 3. The number of amidine groups is 1. The first-order valence-corrected chi connectivity index (χ1v) is 7.02. The molecular formula is C14H17N3OS. The van der Waals surface area contributed by atoms with Crippen LogP contribution in [0.3, 0.4) is 0 Å². The molecule has 1 heterocycles. The molecule has 2 aromatic rings. The normalized spacial score (nSPS) is 11.7. The fourth-order valence-electron chi connectivity index (χ4n) is 1.75. The maximum absolute atomic E-state index is 8.57. The molecule has 4 N–H and O–H groups in total. The lowest BCUT2D eigenvalue weighted by Crippen LogP contribution is -2.17. The standard InChI is InChI=1S/C14H17N3OS/c15-14(17-18)13-3-1-11(2-4-13)9-16-7-5-12-6-8-19-10-12/h1-4,6,8,10,16,18H,5,7,9H2,(H2,15,17). The van der Waals surface area contributed by atoms with Crippen LogP contribution in [0.2, 0.25) is 0 Å². The third kappa shape index (κ3) is 4.08. The summed E-state index contributed by atoms with van der Waals surface area (Å²) in [6.07, 6.45) is 1.05. The van der Waals surface area contributed by atoms with Crippen LogP contribution in [-0.2, 0) is 13.0 Å². The van der Waals surface area contributed by atoms with Crippen molar-refractivity contribution >= 4 is 17.2 Å². The molecule has 0 spiro atoms. The third-order valence-corrected chi connectivity index (χ3v) is 3.59. The van der Waals surface area contributed by atoms with Crippen LogP contribution in [0.25, 0.3) is 0 Å². The first-order valence-electron chi connectivity index (χ1n) is 6.08. The van der Waals surface area contributed by atoms with Gasteiger partial charge in [-0.15, -0.1) is 0 Å². The molecule has 100 valence electrons. The van der Waals surface area contributed by atoms with Gasteiger partial charge in [-0.25, -0.2) is 0 Å². The van der Waals surface area contributed by atoms with Gasteiger partial charge < -0.3 is 16.3 Å². The van der Waals surface area contributed by atoms with E-state index in [1.807, 2.05) is 24.3 Å². The predicted molar refractivity (Wildman–Crippen MR) is 78.7 cm³/mol. The van der Waals surface area contributed by atoms with E-state index in [0.29, 0.717) is 0 Å². The smallest absolute Gasteiger partial charge is 0.170 e. The lowest BCUT2D eigenvalue weighted by molar-refractivity contribution is 0.318. The van der Waals surface area contributed by atoms with E-state index in [1.54, 1.807) is 11.3 Å². The summed E-state index contributed by atoms with van der Waals surface area (Å²) in [5.74, 6) is 0.136. The predicted octanol–water partition coefficient (Wildman–Crippen LogP) is 2.17. The second-order valence-electron chi connectivity index (χ2n) is 4.24. The van der Waals surface area contributed by atoms with E-state index in [9.17, 15) is 0 Å². The maximum atomic E-state index is 8.57. The average Bonchev–Trinajstić information content (AvgIpc) is 2.96. The van der Waals surface area contributed by atoms with Crippen LogP contribution in [-0.4, -0.2) is 17.6 Å². The first kappa shape index (κ1) is 13.6. The molecule has 0 aliphatic heterocycles. The highest BCUT2D eigenvalue weighted by Crippen LogP contribution is 2.06. The Labute approximate surface area is 116 Å². The van der Waals surface area contributed by atoms with E-state index < -0.39 is 0 Å². The third-order valence-electron chi connectivity index (χ3n) is 2.86. The van der Waals surface area contributed by atoms with E-state index in [-0.39, 0.29) is 5.84 Å². The number of nitrogens with zero attached hydrogens (tertiary/aromatic N) is 1. The van der Waals surface area contributed by atoms with E-state index in [2.05, 4.69) is 27.3 Å². The molecule has 5 heteroatoms. The number of nitrogens with two attached hydrogens (primary N) is 1. The van der Waals surface area contributed by atoms with E-state index in [1.165, 1.54) is 11.1 Å². The lowest BCUT2D eigenvalue weighted by Gasteiger charge is -2.05. The monoisotopic (exact) mass is 275 g/mol. The Balaban J connectivity index is 1.77. The van der Waals surface area contributed by atoms with Gasteiger partial charge in [0.15, 0.2) is 5.84 Å². The molecule has 0 atom stereocenters. The molecule has 1 aromatic carbocycles. The minimum absolute atomic E-state index is 0.136. The van der Waals surface area contributed by atoms with Crippen LogP contribution in [0.15, 0.2) is 46.2 Å². The average molecular weight is 275 g/mol. The topological polar surface area (TPSA) is 70.6 Å². The van der Waals surface area contributed by atoms with Crippen molar-refractivity contribution in [2.45, 2.75) is 13.0 Å². The number of rotatable bonds is 6. The number of oxime groups is 1. The molecule has 19 heavy (non-hydrogen) atoms. The van der Waals surface area contributed by atoms with E-state index in [4.69, 9.17) is 10.9 Å². The van der Waals surface area contributed by atoms with Gasteiger partial charge in [0.05, 0.1) is 0 Å². The minimum atomic E-state index is 0.136. The fourth-order valence-corrected chi connectivity index (χ4v) is 2.45. The zero-order valence-electron chi connectivity index (χ0n) is 10.5. The summed E-state index contributed by atoms with van der Waals surface area (Å²) in [7, 11) is 0. The van der Waals surface area contributed by atoms with Gasteiger partial charge in [0.2, 0.25) is 0 Å². The van der Waals surface area contributed by atoms with E-state index >= 15 is 0 Å². The fraction of sp³-hybridized carbons (Fsp3) is 0.214. The first-order chi connectivity index (χ1) is 9.29. The molecule has 0 bridgehead atoms. The van der Waals surface area contributed by atoms with Gasteiger partial charge in [-0.2, -0.15) is 11.3 Å². The Morgan fingerprint density at radius 1 is 1.21 bits per heavy atom. The number of thiophene rings is 1. The summed E-state index contributed by atoms with van der Waals surface area (Å²) in [6.45, 7) is 1.78. The molecule has 0 amide bonds. The highest BCUT2D eigenvalue weighted by Gasteiger charge is 1.99. The molecule has 4 nitrogen and oxygen atoms in total. The summed E-state index contributed by atoms with van der Waals surface area (Å²) in [6, 6.07) is 9.81. The van der Waals surface area contributed by atoms with Gasteiger partial charge in [0.1, 0.15) is 0 Å². The van der Waals surface area contributed by atoms with E-state index in [0.717, 1.165) is 25.1 Å². The summed E-state index contributed by atoms with van der Waals surface area (Å²) in [5.41, 5.74) is 8.79.